The Morgan fingerprint density at radius 3 is 2.83 bits per heavy atom. The Balaban J connectivity index is 2.02. The van der Waals surface area contributed by atoms with Crippen LogP contribution in [0.2, 0.25) is 5.02 Å². The van der Waals surface area contributed by atoms with Gasteiger partial charge in [0, 0.05) is 17.1 Å². The second-order valence-electron chi connectivity index (χ2n) is 5.56. The molecule has 1 aromatic heterocycles. The lowest BCUT2D eigenvalue weighted by atomic mass is 9.89. The fraction of sp³-hybridized carbons (Fsp3) is 0.294. The molecule has 3 rings (SSSR count). The molecular formula is C17H16ClNO3S. The molecule has 0 saturated heterocycles. The second kappa shape index (κ2) is 6.07. The summed E-state index contributed by atoms with van der Waals surface area (Å²) in [4.78, 5) is 27.3. The predicted octanol–water partition coefficient (Wildman–Crippen LogP) is 3.62. The molecule has 1 amide bonds. The second-order valence-corrected chi connectivity index (χ2v) is 6.94. The maximum atomic E-state index is 12.8. The normalized spacial score (nSPS) is 20.0. The highest BCUT2D eigenvalue weighted by Crippen LogP contribution is 2.44. The molecule has 23 heavy (non-hydrogen) atoms. The van der Waals surface area contributed by atoms with E-state index in [1.54, 1.807) is 35.7 Å². The van der Waals surface area contributed by atoms with Gasteiger partial charge in [-0.05, 0) is 36.1 Å². The van der Waals surface area contributed by atoms with Gasteiger partial charge in [0.15, 0.2) is 11.4 Å². The molecule has 120 valence electrons. The van der Waals surface area contributed by atoms with Crippen LogP contribution in [0.3, 0.4) is 0 Å². The fourth-order valence-electron chi connectivity index (χ4n) is 2.90. The fourth-order valence-corrected chi connectivity index (χ4v) is 3.73. The SMILES string of the molecule is CCCN1C(=O)[C@](O)(CC(=O)c2cccs2)c2cc(Cl)ccc21. The van der Waals surface area contributed by atoms with E-state index in [1.165, 1.54) is 16.2 Å². The molecular weight excluding hydrogens is 334 g/mol. The Bertz CT molecular complexity index is 759. The van der Waals surface area contributed by atoms with Gasteiger partial charge in [-0.1, -0.05) is 24.6 Å². The molecule has 1 aliphatic rings. The summed E-state index contributed by atoms with van der Waals surface area (Å²) >= 11 is 7.33. The van der Waals surface area contributed by atoms with Crippen LogP contribution >= 0.6 is 22.9 Å². The van der Waals surface area contributed by atoms with Crippen LogP contribution < -0.4 is 4.90 Å². The van der Waals surface area contributed by atoms with Crippen LogP contribution in [0.1, 0.15) is 35.0 Å². The molecule has 1 aromatic carbocycles. The van der Waals surface area contributed by atoms with Crippen LogP contribution in [-0.2, 0) is 10.4 Å². The first-order valence-corrected chi connectivity index (χ1v) is 8.64. The lowest BCUT2D eigenvalue weighted by molar-refractivity contribution is -0.135. The molecule has 6 heteroatoms. The standard InChI is InChI=1S/C17H16ClNO3S/c1-2-7-19-13-6-5-11(18)9-12(13)17(22,16(19)21)10-14(20)15-4-3-8-23-15/h3-6,8-9,22H,2,7,10H2,1H3/t17-/m0/s1. The first kappa shape index (κ1) is 16.2. The van der Waals surface area contributed by atoms with Gasteiger partial charge in [-0.15, -0.1) is 11.3 Å². The van der Waals surface area contributed by atoms with Crippen LogP contribution in [0.5, 0.6) is 0 Å². The molecule has 2 heterocycles. The van der Waals surface area contributed by atoms with Crippen LogP contribution in [0, 0.1) is 0 Å². The number of carbonyl (C=O) groups excluding carboxylic acids is 2. The van der Waals surface area contributed by atoms with Crippen molar-refractivity contribution >= 4 is 40.3 Å². The smallest absolute Gasteiger partial charge is 0.264 e. The minimum absolute atomic E-state index is 0.250. The first-order valence-electron chi connectivity index (χ1n) is 7.38. The van der Waals surface area contributed by atoms with E-state index in [0.29, 0.717) is 27.7 Å². The summed E-state index contributed by atoms with van der Waals surface area (Å²) < 4.78 is 0. The molecule has 4 nitrogen and oxygen atoms in total. The Labute approximate surface area is 143 Å². The molecule has 0 unspecified atom stereocenters. The Morgan fingerprint density at radius 2 is 2.17 bits per heavy atom. The van der Waals surface area contributed by atoms with Gasteiger partial charge in [-0.2, -0.15) is 0 Å². The largest absolute Gasteiger partial charge is 0.375 e. The number of fused-ring (bicyclic) bond motifs is 1. The average molecular weight is 350 g/mol. The number of nitrogens with zero attached hydrogens (tertiary/aromatic N) is 1. The van der Waals surface area contributed by atoms with Crippen molar-refractivity contribution in [1.82, 2.24) is 0 Å². The number of benzene rings is 1. The number of rotatable bonds is 5. The molecule has 2 aromatic rings. The molecule has 1 N–H and O–H groups in total. The highest BCUT2D eigenvalue weighted by molar-refractivity contribution is 7.12. The summed E-state index contributed by atoms with van der Waals surface area (Å²) in [6.07, 6.45) is 0.475. The van der Waals surface area contributed by atoms with E-state index in [-0.39, 0.29) is 12.2 Å². The van der Waals surface area contributed by atoms with Crippen molar-refractivity contribution in [3.63, 3.8) is 0 Å². The number of anilines is 1. The number of aliphatic hydroxyl groups is 1. The van der Waals surface area contributed by atoms with E-state index in [4.69, 9.17) is 11.6 Å². The highest BCUT2D eigenvalue weighted by atomic mass is 35.5. The van der Waals surface area contributed by atoms with Crippen molar-refractivity contribution in [3.05, 3.63) is 51.2 Å². The Kier molecular flexibility index (Phi) is 4.27. The molecule has 1 atom stereocenters. The highest BCUT2D eigenvalue weighted by Gasteiger charge is 2.50. The lowest BCUT2D eigenvalue weighted by Crippen LogP contribution is -2.42. The molecule has 0 bridgehead atoms. The van der Waals surface area contributed by atoms with Gasteiger partial charge in [-0.25, -0.2) is 0 Å². The predicted molar refractivity (Wildman–Crippen MR) is 91.3 cm³/mol. The van der Waals surface area contributed by atoms with E-state index in [9.17, 15) is 14.7 Å². The third-order valence-electron chi connectivity index (χ3n) is 3.95. The number of halogens is 1. The minimum Gasteiger partial charge on any atom is -0.375 e. The van der Waals surface area contributed by atoms with Gasteiger partial charge in [0.1, 0.15) is 0 Å². The van der Waals surface area contributed by atoms with Crippen LogP contribution in [0.15, 0.2) is 35.7 Å². The zero-order chi connectivity index (χ0) is 16.6. The van der Waals surface area contributed by atoms with Gasteiger partial charge in [0.05, 0.1) is 17.0 Å². The van der Waals surface area contributed by atoms with Gasteiger partial charge in [0.2, 0.25) is 0 Å². The summed E-state index contributed by atoms with van der Waals surface area (Å²) in [5, 5.41) is 13.3. The van der Waals surface area contributed by atoms with E-state index < -0.39 is 11.5 Å². The summed E-state index contributed by atoms with van der Waals surface area (Å²) in [5.41, 5.74) is -0.813. The molecule has 0 saturated carbocycles. The van der Waals surface area contributed by atoms with Crippen LogP contribution in [0.4, 0.5) is 5.69 Å². The van der Waals surface area contributed by atoms with Gasteiger partial charge in [0.25, 0.3) is 5.91 Å². The zero-order valence-electron chi connectivity index (χ0n) is 12.6. The van der Waals surface area contributed by atoms with Gasteiger partial charge >= 0.3 is 0 Å². The Morgan fingerprint density at radius 1 is 1.39 bits per heavy atom. The maximum absolute atomic E-state index is 12.8. The number of ketones is 1. The molecule has 0 fully saturated rings. The van der Waals surface area contributed by atoms with Crippen molar-refractivity contribution < 1.29 is 14.7 Å². The van der Waals surface area contributed by atoms with Crippen molar-refractivity contribution in [1.29, 1.82) is 0 Å². The van der Waals surface area contributed by atoms with E-state index in [0.717, 1.165) is 6.42 Å². The van der Waals surface area contributed by atoms with E-state index in [2.05, 4.69) is 0 Å². The Hall–Kier alpha value is -1.69. The third-order valence-corrected chi connectivity index (χ3v) is 5.10. The lowest BCUT2D eigenvalue weighted by Gasteiger charge is -2.22. The quantitative estimate of drug-likeness (QED) is 0.839. The van der Waals surface area contributed by atoms with Crippen LogP contribution in [-0.4, -0.2) is 23.3 Å². The first-order chi connectivity index (χ1) is 11.0. The topological polar surface area (TPSA) is 57.6 Å². The van der Waals surface area contributed by atoms with Crippen molar-refractivity contribution in [2.75, 3.05) is 11.4 Å². The number of hydrogen-bond acceptors (Lipinski definition) is 4. The molecule has 0 aliphatic carbocycles. The summed E-state index contributed by atoms with van der Waals surface area (Å²) in [7, 11) is 0. The molecule has 0 spiro atoms. The molecule has 1 aliphatic heterocycles. The summed E-state index contributed by atoms with van der Waals surface area (Å²) in [6, 6.07) is 8.44. The van der Waals surface area contributed by atoms with E-state index >= 15 is 0 Å². The number of hydrogen-bond donors (Lipinski definition) is 1. The minimum atomic E-state index is -1.85. The third kappa shape index (κ3) is 2.69. The van der Waals surface area contributed by atoms with Crippen molar-refractivity contribution in [2.24, 2.45) is 0 Å². The van der Waals surface area contributed by atoms with Crippen molar-refractivity contribution in [2.45, 2.75) is 25.4 Å². The average Bonchev–Trinajstić information content (AvgIpc) is 3.11. The number of Topliss-reactive ketones (excluding diaryl/α,β-unsaturated/α-hetero) is 1. The van der Waals surface area contributed by atoms with Crippen LogP contribution in [0.25, 0.3) is 0 Å². The number of thiophene rings is 1. The summed E-state index contributed by atoms with van der Waals surface area (Å²) in [6.45, 7) is 2.44. The number of carbonyl (C=O) groups is 2. The zero-order valence-corrected chi connectivity index (χ0v) is 14.2. The molecule has 0 radical (unpaired) electrons. The monoisotopic (exact) mass is 349 g/mol. The van der Waals surface area contributed by atoms with Gasteiger partial charge in [-0.3, -0.25) is 9.59 Å². The summed E-state index contributed by atoms with van der Waals surface area (Å²) in [5.74, 6) is -0.707. The van der Waals surface area contributed by atoms with Gasteiger partial charge < -0.3 is 10.0 Å². The number of amides is 1. The van der Waals surface area contributed by atoms with Crippen molar-refractivity contribution in [3.8, 4) is 0 Å². The maximum Gasteiger partial charge on any atom is 0.264 e. The van der Waals surface area contributed by atoms with E-state index in [1.807, 2.05) is 6.92 Å².